The molecule has 1 aromatic carbocycles. The fourth-order valence-corrected chi connectivity index (χ4v) is 2.20. The summed E-state index contributed by atoms with van der Waals surface area (Å²) in [6.07, 6.45) is -0.467. The lowest BCUT2D eigenvalue weighted by Crippen LogP contribution is -2.54. The molecule has 2 amide bonds. The highest BCUT2D eigenvalue weighted by Gasteiger charge is 2.24. The highest BCUT2D eigenvalue weighted by Crippen LogP contribution is 2.09. The number of carbonyl (C=O) groups excluding carboxylic acids is 2. The first-order valence-electron chi connectivity index (χ1n) is 9.31. The Bertz CT molecular complexity index is 672. The molecule has 0 spiro atoms. The van der Waals surface area contributed by atoms with E-state index < -0.39 is 17.2 Å². The maximum atomic E-state index is 12.0. The first-order valence-corrected chi connectivity index (χ1v) is 9.31. The predicted molar refractivity (Wildman–Crippen MR) is 127 cm³/mol. The van der Waals surface area contributed by atoms with Gasteiger partial charge < -0.3 is 26.0 Å². The zero-order chi connectivity index (χ0) is 21.2. The Labute approximate surface area is 190 Å². The fraction of sp³-hybridized carbons (Fsp3) is 0.550. The van der Waals surface area contributed by atoms with Gasteiger partial charge in [-0.25, -0.2) is 4.79 Å². The summed E-state index contributed by atoms with van der Waals surface area (Å²) in [6, 6.07) is 9.05. The molecule has 8 nitrogen and oxygen atoms in total. The molecule has 0 bridgehead atoms. The molecule has 9 heteroatoms. The van der Waals surface area contributed by atoms with Crippen LogP contribution in [0.15, 0.2) is 35.3 Å². The lowest BCUT2D eigenvalue weighted by Gasteiger charge is -2.29. The lowest BCUT2D eigenvalue weighted by atomic mass is 10.1. The second-order valence-electron chi connectivity index (χ2n) is 7.99. The van der Waals surface area contributed by atoms with Crippen molar-refractivity contribution in [3.8, 4) is 0 Å². The second kappa shape index (κ2) is 12.5. The summed E-state index contributed by atoms with van der Waals surface area (Å²) in [5.41, 5.74) is -0.461. The number of halogens is 1. The summed E-state index contributed by atoms with van der Waals surface area (Å²) >= 11 is 0. The summed E-state index contributed by atoms with van der Waals surface area (Å²) in [5.74, 6) is 0.459. The van der Waals surface area contributed by atoms with Gasteiger partial charge in [-0.1, -0.05) is 18.2 Å². The van der Waals surface area contributed by atoms with Gasteiger partial charge in [-0.05, 0) is 46.8 Å². The third kappa shape index (κ3) is 12.2. The van der Waals surface area contributed by atoms with E-state index in [0.29, 0.717) is 31.2 Å². The van der Waals surface area contributed by atoms with Gasteiger partial charge in [-0.15, -0.1) is 24.0 Å². The normalized spacial score (nSPS) is 11.7. The van der Waals surface area contributed by atoms with Crippen LogP contribution in [-0.4, -0.2) is 55.8 Å². The molecule has 0 aliphatic carbocycles. The molecule has 4 N–H and O–H groups in total. The van der Waals surface area contributed by atoms with Crippen molar-refractivity contribution in [1.82, 2.24) is 21.3 Å². The summed E-state index contributed by atoms with van der Waals surface area (Å²) in [4.78, 5) is 28.1. The molecule has 0 heterocycles. The predicted octanol–water partition coefficient (Wildman–Crippen LogP) is 2.50. The van der Waals surface area contributed by atoms with Crippen molar-refractivity contribution in [1.29, 1.82) is 0 Å². The molecular formula is C20H34IN5O3. The van der Waals surface area contributed by atoms with Crippen LogP contribution < -0.4 is 21.3 Å². The maximum absolute atomic E-state index is 12.0. The van der Waals surface area contributed by atoms with E-state index >= 15 is 0 Å². The van der Waals surface area contributed by atoms with Gasteiger partial charge in [0.2, 0.25) is 0 Å². The minimum Gasteiger partial charge on any atom is -0.444 e. The number of hydrogen-bond acceptors (Lipinski definition) is 4. The minimum absolute atomic E-state index is 0. The zero-order valence-electron chi connectivity index (χ0n) is 18.1. The SMILES string of the molecule is CN=C(NCCNC(=O)c1ccccc1)NCC(C)(C)NC(=O)OC(C)(C)C.I. The van der Waals surface area contributed by atoms with Crippen molar-refractivity contribution in [3.05, 3.63) is 35.9 Å². The molecule has 1 aromatic rings. The molecule has 164 valence electrons. The number of nitrogens with one attached hydrogen (secondary N) is 4. The van der Waals surface area contributed by atoms with Crippen molar-refractivity contribution in [2.75, 3.05) is 26.7 Å². The summed E-state index contributed by atoms with van der Waals surface area (Å²) < 4.78 is 5.28. The number of nitrogens with zero attached hydrogens (tertiary/aromatic N) is 1. The van der Waals surface area contributed by atoms with Crippen LogP contribution in [0.25, 0.3) is 0 Å². The number of guanidine groups is 1. The highest BCUT2D eigenvalue weighted by molar-refractivity contribution is 14.0. The molecule has 0 unspecified atom stereocenters. The Morgan fingerprint density at radius 1 is 0.966 bits per heavy atom. The molecule has 0 aromatic heterocycles. The number of aliphatic imine (C=N–C) groups is 1. The monoisotopic (exact) mass is 519 g/mol. The highest BCUT2D eigenvalue weighted by atomic mass is 127. The second-order valence-corrected chi connectivity index (χ2v) is 7.99. The van der Waals surface area contributed by atoms with Gasteiger partial charge in [0.25, 0.3) is 5.91 Å². The Hall–Kier alpha value is -2.04. The number of hydrogen-bond donors (Lipinski definition) is 4. The summed E-state index contributed by atoms with van der Waals surface area (Å²) in [6.45, 7) is 10.6. The van der Waals surface area contributed by atoms with Gasteiger partial charge in [0.05, 0.1) is 5.54 Å². The summed E-state index contributed by atoms with van der Waals surface area (Å²) in [5, 5.41) is 11.9. The molecule has 29 heavy (non-hydrogen) atoms. The van der Waals surface area contributed by atoms with Crippen molar-refractivity contribution in [3.63, 3.8) is 0 Å². The fourth-order valence-electron chi connectivity index (χ4n) is 2.20. The van der Waals surface area contributed by atoms with Crippen LogP contribution in [0.3, 0.4) is 0 Å². The molecule has 0 radical (unpaired) electrons. The average molecular weight is 519 g/mol. The van der Waals surface area contributed by atoms with Crippen LogP contribution in [-0.2, 0) is 4.74 Å². The zero-order valence-corrected chi connectivity index (χ0v) is 20.4. The van der Waals surface area contributed by atoms with Gasteiger partial charge in [0, 0.05) is 32.2 Å². The topological polar surface area (TPSA) is 104 Å². The maximum Gasteiger partial charge on any atom is 0.408 e. The van der Waals surface area contributed by atoms with E-state index in [1.54, 1.807) is 19.2 Å². The molecule has 0 aliphatic rings. The first kappa shape index (κ1) is 27.0. The van der Waals surface area contributed by atoms with Crippen LogP contribution in [0.4, 0.5) is 4.79 Å². The Kier molecular flexibility index (Phi) is 11.6. The number of ether oxygens (including phenoxy) is 1. The van der Waals surface area contributed by atoms with Crippen LogP contribution in [0.5, 0.6) is 0 Å². The molecule has 0 fully saturated rings. The number of carbonyl (C=O) groups is 2. The number of alkyl carbamates (subject to hydrolysis) is 1. The van der Waals surface area contributed by atoms with Crippen molar-refractivity contribution < 1.29 is 14.3 Å². The van der Waals surface area contributed by atoms with Gasteiger partial charge in [-0.3, -0.25) is 9.79 Å². The average Bonchev–Trinajstić information content (AvgIpc) is 2.59. The molecule has 1 rings (SSSR count). The van der Waals surface area contributed by atoms with E-state index in [2.05, 4.69) is 26.3 Å². The van der Waals surface area contributed by atoms with E-state index in [0.717, 1.165) is 0 Å². The van der Waals surface area contributed by atoms with Gasteiger partial charge >= 0.3 is 6.09 Å². The van der Waals surface area contributed by atoms with Crippen LogP contribution in [0.1, 0.15) is 45.0 Å². The van der Waals surface area contributed by atoms with E-state index in [-0.39, 0.29) is 29.9 Å². The Morgan fingerprint density at radius 3 is 2.10 bits per heavy atom. The van der Waals surface area contributed by atoms with Gasteiger partial charge in [0.1, 0.15) is 5.60 Å². The van der Waals surface area contributed by atoms with Crippen molar-refractivity contribution >= 4 is 41.9 Å². The number of amides is 2. The van der Waals surface area contributed by atoms with Crippen LogP contribution in [0.2, 0.25) is 0 Å². The largest absolute Gasteiger partial charge is 0.444 e. The third-order valence-corrected chi connectivity index (χ3v) is 3.50. The lowest BCUT2D eigenvalue weighted by molar-refractivity contribution is 0.0473. The molecule has 0 aliphatic heterocycles. The van der Waals surface area contributed by atoms with E-state index in [9.17, 15) is 9.59 Å². The molecule has 0 saturated heterocycles. The number of rotatable bonds is 7. The van der Waals surface area contributed by atoms with Gasteiger partial charge in [-0.2, -0.15) is 0 Å². The Morgan fingerprint density at radius 2 is 1.55 bits per heavy atom. The molecule has 0 atom stereocenters. The van der Waals surface area contributed by atoms with Crippen molar-refractivity contribution in [2.45, 2.75) is 45.8 Å². The first-order chi connectivity index (χ1) is 13.0. The van der Waals surface area contributed by atoms with Crippen LogP contribution in [0, 0.1) is 0 Å². The van der Waals surface area contributed by atoms with E-state index in [1.807, 2.05) is 52.8 Å². The van der Waals surface area contributed by atoms with E-state index in [4.69, 9.17) is 4.74 Å². The van der Waals surface area contributed by atoms with Gasteiger partial charge in [0.15, 0.2) is 5.96 Å². The van der Waals surface area contributed by atoms with E-state index in [1.165, 1.54) is 0 Å². The molecular weight excluding hydrogens is 485 g/mol. The van der Waals surface area contributed by atoms with Crippen LogP contribution >= 0.6 is 24.0 Å². The quantitative estimate of drug-likeness (QED) is 0.192. The van der Waals surface area contributed by atoms with Crippen molar-refractivity contribution in [2.24, 2.45) is 4.99 Å². The molecule has 0 saturated carbocycles. The standard InChI is InChI=1S/C20H33N5O3.HI/c1-19(2,3)28-18(27)25-20(4,5)14-24-17(21-6)23-13-12-22-16(26)15-10-8-7-9-11-15;/h7-11H,12-14H2,1-6H3,(H,22,26)(H,25,27)(H2,21,23,24);1H. The summed E-state index contributed by atoms with van der Waals surface area (Å²) in [7, 11) is 1.66. The Balaban J connectivity index is 0.00000784. The smallest absolute Gasteiger partial charge is 0.408 e. The number of benzene rings is 1. The minimum atomic E-state index is -0.546. The third-order valence-electron chi connectivity index (χ3n) is 3.50.